The Kier molecular flexibility index (Phi) is 6.52. The van der Waals surface area contributed by atoms with Crippen LogP contribution in [0.4, 0.5) is 10.5 Å². The van der Waals surface area contributed by atoms with Crippen molar-refractivity contribution in [3.8, 4) is 0 Å². The lowest BCUT2D eigenvalue weighted by atomic mass is 9.90. The lowest BCUT2D eigenvalue weighted by molar-refractivity contribution is 0.0570. The monoisotopic (exact) mass is 430 g/mol. The molecule has 1 aliphatic heterocycles. The van der Waals surface area contributed by atoms with E-state index < -0.39 is 5.60 Å². The molecular formula is C28H34N2O2. The second-order valence-corrected chi connectivity index (χ2v) is 9.82. The zero-order valence-corrected chi connectivity index (χ0v) is 19.6. The van der Waals surface area contributed by atoms with Crippen LogP contribution < -0.4 is 10.2 Å². The van der Waals surface area contributed by atoms with Crippen molar-refractivity contribution in [3.63, 3.8) is 0 Å². The molecule has 0 spiro atoms. The Hall–Kier alpha value is -2.85. The molecule has 3 aromatic carbocycles. The lowest BCUT2D eigenvalue weighted by Gasteiger charge is -2.36. The van der Waals surface area contributed by atoms with E-state index in [1.54, 1.807) is 0 Å². The van der Waals surface area contributed by atoms with E-state index in [0.717, 1.165) is 25.1 Å². The van der Waals surface area contributed by atoms with Gasteiger partial charge in [0.05, 0.1) is 5.69 Å². The van der Waals surface area contributed by atoms with E-state index in [0.29, 0.717) is 12.5 Å². The van der Waals surface area contributed by atoms with Gasteiger partial charge in [-0.3, -0.25) is 4.90 Å². The maximum absolute atomic E-state index is 12.9. The average molecular weight is 431 g/mol. The number of carbonyl (C=O) groups is 1. The normalized spacial score (nSPS) is 17.1. The molecule has 1 aliphatic rings. The van der Waals surface area contributed by atoms with Crippen LogP contribution in [0.25, 0.3) is 10.8 Å². The van der Waals surface area contributed by atoms with Crippen LogP contribution in [0.3, 0.4) is 0 Å². The molecule has 4 nitrogen and oxygen atoms in total. The summed E-state index contributed by atoms with van der Waals surface area (Å²) in [4.78, 5) is 14.7. The summed E-state index contributed by atoms with van der Waals surface area (Å²) in [7, 11) is 0. The maximum Gasteiger partial charge on any atom is 0.414 e. The fourth-order valence-electron chi connectivity index (χ4n) is 4.60. The summed E-state index contributed by atoms with van der Waals surface area (Å²) in [6.45, 7) is 9.56. The molecule has 1 N–H and O–H groups in total. The molecule has 0 aliphatic carbocycles. The van der Waals surface area contributed by atoms with Gasteiger partial charge >= 0.3 is 6.09 Å². The Morgan fingerprint density at radius 1 is 1.06 bits per heavy atom. The van der Waals surface area contributed by atoms with Gasteiger partial charge in [0, 0.05) is 12.6 Å². The predicted molar refractivity (Wildman–Crippen MR) is 132 cm³/mol. The Bertz CT molecular complexity index is 1080. The van der Waals surface area contributed by atoms with Crippen molar-refractivity contribution in [1.82, 2.24) is 5.32 Å². The van der Waals surface area contributed by atoms with E-state index in [-0.39, 0.29) is 12.1 Å². The van der Waals surface area contributed by atoms with Crippen LogP contribution in [0.15, 0.2) is 66.7 Å². The van der Waals surface area contributed by atoms with Crippen molar-refractivity contribution < 1.29 is 9.53 Å². The fourth-order valence-corrected chi connectivity index (χ4v) is 4.60. The third kappa shape index (κ3) is 5.13. The zero-order chi connectivity index (χ0) is 22.7. The molecule has 0 fully saturated rings. The van der Waals surface area contributed by atoms with Gasteiger partial charge in [-0.15, -0.1) is 0 Å². The van der Waals surface area contributed by atoms with Gasteiger partial charge in [0.1, 0.15) is 5.60 Å². The molecule has 0 aromatic heterocycles. The number of benzene rings is 3. The highest BCUT2D eigenvalue weighted by atomic mass is 16.6. The minimum Gasteiger partial charge on any atom is -0.443 e. The minimum atomic E-state index is -0.506. The number of fused-ring (bicyclic) bond motifs is 2. The molecule has 0 saturated heterocycles. The van der Waals surface area contributed by atoms with Crippen LogP contribution in [0.5, 0.6) is 0 Å². The summed E-state index contributed by atoms with van der Waals surface area (Å²) in [5.74, 6) is 0.393. The van der Waals surface area contributed by atoms with Crippen molar-refractivity contribution >= 4 is 22.6 Å². The van der Waals surface area contributed by atoms with Crippen LogP contribution in [0.2, 0.25) is 0 Å². The summed E-state index contributed by atoms with van der Waals surface area (Å²) >= 11 is 0. The van der Waals surface area contributed by atoms with Crippen molar-refractivity contribution in [2.45, 2.75) is 52.2 Å². The molecule has 1 heterocycles. The molecular weight excluding hydrogens is 396 g/mol. The highest BCUT2D eigenvalue weighted by molar-refractivity contribution is 5.89. The molecule has 4 rings (SSSR count). The van der Waals surface area contributed by atoms with Crippen LogP contribution in [0.1, 0.15) is 51.3 Å². The SMILES string of the molecule is CC(NCCC1Cc2ccccc2N(C(=O)OC(C)(C)C)C1)c1cccc2ccccc12. The quantitative estimate of drug-likeness (QED) is 0.503. The molecule has 1 amide bonds. The largest absolute Gasteiger partial charge is 0.443 e. The lowest BCUT2D eigenvalue weighted by Crippen LogP contribution is -2.43. The highest BCUT2D eigenvalue weighted by Crippen LogP contribution is 2.32. The fraction of sp³-hybridized carbons (Fsp3) is 0.393. The standard InChI is InChI=1S/C28H34N2O2/c1-20(24-14-9-12-22-10-5-7-13-25(22)24)29-17-16-21-18-23-11-6-8-15-26(23)30(19-21)27(31)32-28(2,3)4/h5-15,20-21,29H,16-19H2,1-4H3. The topological polar surface area (TPSA) is 41.6 Å². The van der Waals surface area contributed by atoms with E-state index in [1.165, 1.54) is 21.9 Å². The van der Waals surface area contributed by atoms with Gasteiger partial charge in [0.2, 0.25) is 0 Å². The number of ether oxygens (including phenoxy) is 1. The number of hydrogen-bond acceptors (Lipinski definition) is 3. The van der Waals surface area contributed by atoms with Gasteiger partial charge in [-0.05, 0) is 81.0 Å². The molecule has 168 valence electrons. The number of amides is 1. The van der Waals surface area contributed by atoms with Gasteiger partial charge in [-0.2, -0.15) is 0 Å². The number of nitrogens with zero attached hydrogens (tertiary/aromatic N) is 1. The van der Waals surface area contributed by atoms with Crippen LogP contribution >= 0.6 is 0 Å². The Labute approximate surface area is 191 Å². The summed E-state index contributed by atoms with van der Waals surface area (Å²) in [5, 5.41) is 6.29. The summed E-state index contributed by atoms with van der Waals surface area (Å²) < 4.78 is 5.70. The molecule has 0 saturated carbocycles. The van der Waals surface area contributed by atoms with Gasteiger partial charge in [-0.25, -0.2) is 4.79 Å². The summed E-state index contributed by atoms with van der Waals surface area (Å²) in [5.41, 5.74) is 3.02. The molecule has 32 heavy (non-hydrogen) atoms. The average Bonchev–Trinajstić information content (AvgIpc) is 2.77. The first kappa shape index (κ1) is 22.3. The number of nitrogens with one attached hydrogen (secondary N) is 1. The number of hydrogen-bond donors (Lipinski definition) is 1. The van der Waals surface area contributed by atoms with Crippen LogP contribution in [-0.2, 0) is 11.2 Å². The maximum atomic E-state index is 12.9. The second kappa shape index (κ2) is 9.33. The number of anilines is 1. The molecule has 4 heteroatoms. The van der Waals surface area contributed by atoms with Crippen molar-refractivity contribution in [2.24, 2.45) is 5.92 Å². The Balaban J connectivity index is 1.42. The van der Waals surface area contributed by atoms with Crippen molar-refractivity contribution in [2.75, 3.05) is 18.0 Å². The Morgan fingerprint density at radius 2 is 1.78 bits per heavy atom. The van der Waals surface area contributed by atoms with Gasteiger partial charge in [0.15, 0.2) is 0 Å². The summed E-state index contributed by atoms with van der Waals surface area (Å²) in [6, 6.07) is 23.5. The first-order valence-corrected chi connectivity index (χ1v) is 11.6. The summed E-state index contributed by atoms with van der Waals surface area (Å²) in [6.07, 6.45) is 1.73. The predicted octanol–water partition coefficient (Wildman–Crippen LogP) is 6.49. The first-order chi connectivity index (χ1) is 15.3. The molecule has 2 unspecified atom stereocenters. The minimum absolute atomic E-state index is 0.258. The van der Waals surface area contributed by atoms with E-state index in [4.69, 9.17) is 4.74 Å². The van der Waals surface area contributed by atoms with Crippen LogP contribution in [0, 0.1) is 5.92 Å². The molecule has 0 bridgehead atoms. The third-order valence-electron chi connectivity index (χ3n) is 6.14. The number of rotatable bonds is 5. The van der Waals surface area contributed by atoms with E-state index in [9.17, 15) is 4.79 Å². The van der Waals surface area contributed by atoms with Crippen molar-refractivity contribution in [3.05, 3.63) is 77.9 Å². The van der Waals surface area contributed by atoms with Crippen molar-refractivity contribution in [1.29, 1.82) is 0 Å². The highest BCUT2D eigenvalue weighted by Gasteiger charge is 2.31. The smallest absolute Gasteiger partial charge is 0.414 e. The third-order valence-corrected chi connectivity index (χ3v) is 6.14. The van der Waals surface area contributed by atoms with Gasteiger partial charge < -0.3 is 10.1 Å². The zero-order valence-electron chi connectivity index (χ0n) is 19.6. The molecule has 3 aromatic rings. The number of para-hydroxylation sites is 1. The van der Waals surface area contributed by atoms with Gasteiger partial charge in [-0.1, -0.05) is 60.7 Å². The molecule has 0 radical (unpaired) electrons. The second-order valence-electron chi connectivity index (χ2n) is 9.82. The molecule has 2 atom stereocenters. The Morgan fingerprint density at radius 3 is 2.59 bits per heavy atom. The van der Waals surface area contributed by atoms with E-state index in [1.807, 2.05) is 37.8 Å². The number of carbonyl (C=O) groups excluding carboxylic acids is 1. The van der Waals surface area contributed by atoms with E-state index >= 15 is 0 Å². The van der Waals surface area contributed by atoms with Gasteiger partial charge in [0.25, 0.3) is 0 Å². The van der Waals surface area contributed by atoms with E-state index in [2.05, 4.69) is 66.8 Å². The van der Waals surface area contributed by atoms with Crippen LogP contribution in [-0.4, -0.2) is 24.8 Å². The first-order valence-electron chi connectivity index (χ1n) is 11.6.